The predicted molar refractivity (Wildman–Crippen MR) is 100 cm³/mol. The Balaban J connectivity index is 1.85. The molecule has 0 aliphatic heterocycles. The lowest BCUT2D eigenvalue weighted by Gasteiger charge is -2.25. The summed E-state index contributed by atoms with van der Waals surface area (Å²) in [6.07, 6.45) is 0. The number of anilines is 1. The molecule has 1 aromatic heterocycles. The highest BCUT2D eigenvalue weighted by Gasteiger charge is 2.28. The third-order valence-electron chi connectivity index (χ3n) is 4.06. The molecular formula is C19H19F2N3OS. The molecule has 0 unspecified atom stereocenters. The minimum absolute atomic E-state index is 0.0420. The van der Waals surface area contributed by atoms with Crippen molar-refractivity contribution in [3.05, 3.63) is 54.1 Å². The average molecular weight is 375 g/mol. The van der Waals surface area contributed by atoms with Crippen molar-refractivity contribution in [2.75, 3.05) is 11.9 Å². The van der Waals surface area contributed by atoms with Crippen molar-refractivity contribution in [1.29, 1.82) is 0 Å². The van der Waals surface area contributed by atoms with E-state index >= 15 is 0 Å². The van der Waals surface area contributed by atoms with E-state index in [-0.39, 0.29) is 11.8 Å². The Kier molecular flexibility index (Phi) is 5.27. The Morgan fingerprint density at radius 1 is 1.15 bits per heavy atom. The fraction of sp³-hybridized carbons (Fsp3) is 0.263. The number of nitrogens with zero attached hydrogens (tertiary/aromatic N) is 2. The molecule has 0 bridgehead atoms. The van der Waals surface area contributed by atoms with E-state index in [4.69, 9.17) is 0 Å². The third-order valence-corrected chi connectivity index (χ3v) is 5.48. The Morgan fingerprint density at radius 2 is 1.81 bits per heavy atom. The molecule has 3 rings (SSSR count). The minimum atomic E-state index is -0.944. The number of hydrogen-bond donors (Lipinski definition) is 1. The second kappa shape index (κ2) is 7.45. The van der Waals surface area contributed by atoms with Gasteiger partial charge in [-0.05, 0) is 18.1 Å². The first-order valence-electron chi connectivity index (χ1n) is 8.21. The summed E-state index contributed by atoms with van der Waals surface area (Å²) >= 11 is 1.26. The average Bonchev–Trinajstić information content (AvgIpc) is 3.00. The zero-order valence-corrected chi connectivity index (χ0v) is 15.5. The highest BCUT2D eigenvalue weighted by Crippen LogP contribution is 2.30. The summed E-state index contributed by atoms with van der Waals surface area (Å²) < 4.78 is 26.8. The van der Waals surface area contributed by atoms with Crippen LogP contribution in [0, 0.1) is 17.6 Å². The first-order chi connectivity index (χ1) is 12.4. The van der Waals surface area contributed by atoms with E-state index in [2.05, 4.69) is 9.97 Å². The molecule has 136 valence electrons. The maximum Gasteiger partial charge on any atom is 0.240 e. The Morgan fingerprint density at radius 3 is 2.46 bits per heavy atom. The van der Waals surface area contributed by atoms with Gasteiger partial charge in [-0.15, -0.1) is 0 Å². The van der Waals surface area contributed by atoms with Crippen molar-refractivity contribution in [2.24, 2.45) is 5.92 Å². The number of amides is 1. The van der Waals surface area contributed by atoms with Gasteiger partial charge in [0.15, 0.2) is 16.8 Å². The van der Waals surface area contributed by atoms with Gasteiger partial charge in [0.05, 0.1) is 16.3 Å². The molecule has 1 atom stereocenters. The fourth-order valence-corrected chi connectivity index (χ4v) is 3.69. The van der Waals surface area contributed by atoms with E-state index in [1.54, 1.807) is 11.9 Å². The fourth-order valence-electron chi connectivity index (χ4n) is 2.60. The summed E-state index contributed by atoms with van der Waals surface area (Å²) in [7, 11) is 1.73. The molecule has 7 heteroatoms. The number of para-hydroxylation sites is 1. The second-order valence-electron chi connectivity index (χ2n) is 6.34. The molecule has 2 aromatic carbocycles. The standard InChI is InChI=1S/C19H19F2N3OS/c1-11(2)17(18(25)24(3)12-7-5-4-6-8-12)26-19-22-15-9-13(20)14(21)10-16(15)23-19/h4-11,17H,1-3H3,(H,22,23)/t17-/m0/s1. The van der Waals surface area contributed by atoms with Gasteiger partial charge in [-0.25, -0.2) is 13.8 Å². The van der Waals surface area contributed by atoms with Crippen LogP contribution in [0.25, 0.3) is 11.0 Å². The van der Waals surface area contributed by atoms with E-state index in [1.165, 1.54) is 11.8 Å². The summed E-state index contributed by atoms with van der Waals surface area (Å²) in [6.45, 7) is 3.91. The predicted octanol–water partition coefficient (Wildman–Crippen LogP) is 4.62. The summed E-state index contributed by atoms with van der Waals surface area (Å²) in [5.41, 5.74) is 1.54. The van der Waals surface area contributed by atoms with Crippen LogP contribution in [0.1, 0.15) is 13.8 Å². The first kappa shape index (κ1) is 18.4. The quantitative estimate of drug-likeness (QED) is 0.662. The van der Waals surface area contributed by atoms with Crippen LogP contribution < -0.4 is 4.90 Å². The van der Waals surface area contributed by atoms with Crippen molar-refractivity contribution >= 4 is 34.4 Å². The SMILES string of the molecule is CC(C)[C@H](Sc1nc2cc(F)c(F)cc2[nH]1)C(=O)N(C)c1ccccc1. The van der Waals surface area contributed by atoms with Gasteiger partial charge in [0.1, 0.15) is 0 Å². The Hall–Kier alpha value is -2.41. The number of rotatable bonds is 5. The number of H-pyrrole nitrogens is 1. The highest BCUT2D eigenvalue weighted by atomic mass is 32.2. The largest absolute Gasteiger partial charge is 0.333 e. The number of aromatic nitrogens is 2. The molecule has 0 spiro atoms. The molecule has 1 amide bonds. The molecule has 1 N–H and O–H groups in total. The van der Waals surface area contributed by atoms with Crippen LogP contribution in [-0.4, -0.2) is 28.2 Å². The van der Waals surface area contributed by atoms with Crippen LogP contribution in [0.15, 0.2) is 47.6 Å². The van der Waals surface area contributed by atoms with E-state index in [0.717, 1.165) is 17.8 Å². The molecule has 0 fully saturated rings. The smallest absolute Gasteiger partial charge is 0.240 e. The monoisotopic (exact) mass is 375 g/mol. The van der Waals surface area contributed by atoms with E-state index in [1.807, 2.05) is 44.2 Å². The minimum Gasteiger partial charge on any atom is -0.333 e. The topological polar surface area (TPSA) is 49.0 Å². The van der Waals surface area contributed by atoms with Crippen LogP contribution in [0.2, 0.25) is 0 Å². The number of carbonyl (C=O) groups is 1. The Bertz CT molecular complexity index is 888. The molecule has 1 heterocycles. The lowest BCUT2D eigenvalue weighted by atomic mass is 10.1. The summed E-state index contributed by atoms with van der Waals surface area (Å²) in [5.74, 6) is -1.90. The molecule has 4 nitrogen and oxygen atoms in total. The maximum atomic E-state index is 13.4. The second-order valence-corrected chi connectivity index (χ2v) is 7.47. The van der Waals surface area contributed by atoms with E-state index < -0.39 is 16.9 Å². The number of fused-ring (bicyclic) bond motifs is 1. The van der Waals surface area contributed by atoms with Gasteiger partial charge in [-0.2, -0.15) is 0 Å². The number of thioether (sulfide) groups is 1. The summed E-state index contributed by atoms with van der Waals surface area (Å²) in [6, 6.07) is 11.5. The molecule has 0 aliphatic rings. The van der Waals surface area contributed by atoms with Crippen LogP contribution in [0.4, 0.5) is 14.5 Å². The number of imidazole rings is 1. The highest BCUT2D eigenvalue weighted by molar-refractivity contribution is 8.00. The normalized spacial score (nSPS) is 12.5. The lowest BCUT2D eigenvalue weighted by Crippen LogP contribution is -2.37. The van der Waals surface area contributed by atoms with Gasteiger partial charge >= 0.3 is 0 Å². The number of benzene rings is 2. The number of nitrogens with one attached hydrogen (secondary N) is 1. The molecule has 3 aromatic rings. The molecular weight excluding hydrogens is 356 g/mol. The van der Waals surface area contributed by atoms with Gasteiger partial charge in [0.2, 0.25) is 5.91 Å². The van der Waals surface area contributed by atoms with Crippen molar-refractivity contribution in [3.8, 4) is 0 Å². The summed E-state index contributed by atoms with van der Waals surface area (Å²) in [4.78, 5) is 21.8. The van der Waals surface area contributed by atoms with Crippen molar-refractivity contribution in [2.45, 2.75) is 24.3 Å². The molecule has 0 aliphatic carbocycles. The van der Waals surface area contributed by atoms with Crippen molar-refractivity contribution in [3.63, 3.8) is 0 Å². The van der Waals surface area contributed by atoms with Crippen LogP contribution >= 0.6 is 11.8 Å². The number of carbonyl (C=O) groups excluding carboxylic acids is 1. The number of halogens is 2. The third kappa shape index (κ3) is 3.72. The zero-order chi connectivity index (χ0) is 18.8. The van der Waals surface area contributed by atoms with Gasteiger partial charge < -0.3 is 9.88 Å². The first-order valence-corrected chi connectivity index (χ1v) is 9.09. The molecule has 0 saturated carbocycles. The number of hydrogen-bond acceptors (Lipinski definition) is 3. The Labute approximate surface area is 154 Å². The zero-order valence-electron chi connectivity index (χ0n) is 14.7. The van der Waals surface area contributed by atoms with Crippen molar-refractivity contribution < 1.29 is 13.6 Å². The maximum absolute atomic E-state index is 13.4. The van der Waals surface area contributed by atoms with Crippen LogP contribution in [-0.2, 0) is 4.79 Å². The van der Waals surface area contributed by atoms with Gasteiger partial charge in [-0.1, -0.05) is 43.8 Å². The van der Waals surface area contributed by atoms with Crippen LogP contribution in [0.3, 0.4) is 0 Å². The molecule has 26 heavy (non-hydrogen) atoms. The van der Waals surface area contributed by atoms with Gasteiger partial charge in [0.25, 0.3) is 0 Å². The van der Waals surface area contributed by atoms with E-state index in [9.17, 15) is 13.6 Å². The van der Waals surface area contributed by atoms with Crippen molar-refractivity contribution in [1.82, 2.24) is 9.97 Å². The van der Waals surface area contributed by atoms with Gasteiger partial charge in [-0.3, -0.25) is 4.79 Å². The van der Waals surface area contributed by atoms with E-state index in [0.29, 0.717) is 16.2 Å². The molecule has 0 radical (unpaired) electrons. The van der Waals surface area contributed by atoms with Crippen LogP contribution in [0.5, 0.6) is 0 Å². The van der Waals surface area contributed by atoms with Gasteiger partial charge in [0, 0.05) is 24.9 Å². The lowest BCUT2D eigenvalue weighted by molar-refractivity contribution is -0.118. The number of aromatic amines is 1. The summed E-state index contributed by atoms with van der Waals surface area (Å²) in [5, 5.41) is 0.0639. The molecule has 0 saturated heterocycles.